The molecule has 0 N–H and O–H groups in total. The molecule has 0 amide bonds. The molecule has 0 unspecified atom stereocenters. The van der Waals surface area contributed by atoms with Gasteiger partial charge in [-0.2, -0.15) is 0 Å². The molecule has 1 aliphatic carbocycles. The molecule has 1 aliphatic heterocycles. The molecule has 2 heterocycles. The molecule has 1 saturated carbocycles. The molecule has 1 atom stereocenters. The van der Waals surface area contributed by atoms with E-state index in [1.54, 1.807) is 10.6 Å². The van der Waals surface area contributed by atoms with Crippen LogP contribution in [0.3, 0.4) is 0 Å². The van der Waals surface area contributed by atoms with Crippen LogP contribution in [0, 0.1) is 5.82 Å². The first-order valence-electron chi connectivity index (χ1n) is 8.16. The lowest BCUT2D eigenvalue weighted by molar-refractivity contribution is 0.210. The van der Waals surface area contributed by atoms with E-state index in [1.807, 2.05) is 18.3 Å². The Bertz CT molecular complexity index is 778. The first-order chi connectivity index (χ1) is 10.6. The summed E-state index contributed by atoms with van der Waals surface area (Å²) >= 11 is 0. The van der Waals surface area contributed by atoms with Crippen LogP contribution in [0.4, 0.5) is 4.39 Å². The lowest BCUT2D eigenvalue weighted by Gasteiger charge is -2.31. The Morgan fingerprint density at radius 2 is 2.05 bits per heavy atom. The average Bonchev–Trinajstić information content (AvgIpc) is 3.31. The average molecular weight is 300 g/mol. The second-order valence-corrected chi connectivity index (χ2v) is 6.83. The molecule has 3 nitrogen and oxygen atoms in total. The van der Waals surface area contributed by atoms with Crippen molar-refractivity contribution in [1.29, 1.82) is 0 Å². The highest BCUT2D eigenvalue weighted by Gasteiger charge is 2.26. The smallest absolute Gasteiger partial charge is 0.261 e. The number of piperidine rings is 1. The van der Waals surface area contributed by atoms with E-state index in [4.69, 9.17) is 0 Å². The number of likely N-dealkylation sites (N-methyl/N-ethyl adjacent to an activating group) is 1. The van der Waals surface area contributed by atoms with Crippen molar-refractivity contribution < 1.29 is 4.39 Å². The van der Waals surface area contributed by atoms with Crippen LogP contribution in [-0.2, 0) is 0 Å². The van der Waals surface area contributed by atoms with Gasteiger partial charge in [0.25, 0.3) is 5.56 Å². The van der Waals surface area contributed by atoms with Crippen LogP contribution in [0.25, 0.3) is 10.8 Å². The second-order valence-electron chi connectivity index (χ2n) is 6.83. The fourth-order valence-corrected chi connectivity index (χ4v) is 3.67. The lowest BCUT2D eigenvalue weighted by Crippen LogP contribution is -2.37. The van der Waals surface area contributed by atoms with Gasteiger partial charge in [0.05, 0.1) is 5.39 Å². The molecule has 22 heavy (non-hydrogen) atoms. The molecule has 116 valence electrons. The SMILES string of the molecule is CN1CCC[C@@H](n2ccc3cc(C4CC4)cc(F)c3c2=O)C1. The van der Waals surface area contributed by atoms with Crippen LogP contribution in [-0.4, -0.2) is 29.6 Å². The summed E-state index contributed by atoms with van der Waals surface area (Å²) < 4.78 is 16.2. The summed E-state index contributed by atoms with van der Waals surface area (Å²) in [6.45, 7) is 1.92. The number of pyridine rings is 1. The van der Waals surface area contributed by atoms with Crippen molar-refractivity contribution in [2.75, 3.05) is 20.1 Å². The largest absolute Gasteiger partial charge is 0.311 e. The van der Waals surface area contributed by atoms with Crippen molar-refractivity contribution in [2.24, 2.45) is 0 Å². The number of benzene rings is 1. The highest BCUT2D eigenvalue weighted by atomic mass is 19.1. The van der Waals surface area contributed by atoms with E-state index in [2.05, 4.69) is 11.9 Å². The Morgan fingerprint density at radius 3 is 2.77 bits per heavy atom. The zero-order valence-electron chi connectivity index (χ0n) is 12.9. The molecule has 0 radical (unpaired) electrons. The van der Waals surface area contributed by atoms with Crippen LogP contribution < -0.4 is 5.56 Å². The summed E-state index contributed by atoms with van der Waals surface area (Å²) in [5, 5.41) is 0.993. The minimum atomic E-state index is -0.358. The first-order valence-corrected chi connectivity index (χ1v) is 8.16. The molecule has 4 heteroatoms. The second kappa shape index (κ2) is 5.20. The van der Waals surface area contributed by atoms with Gasteiger partial charge in [-0.05, 0) is 68.3 Å². The van der Waals surface area contributed by atoms with E-state index in [-0.39, 0.29) is 22.8 Å². The van der Waals surface area contributed by atoms with Gasteiger partial charge in [0.1, 0.15) is 5.82 Å². The Labute approximate surface area is 129 Å². The predicted octanol–water partition coefficient (Wildman–Crippen LogP) is 3.28. The molecule has 2 fully saturated rings. The summed E-state index contributed by atoms with van der Waals surface area (Å²) in [7, 11) is 2.07. The number of aromatic nitrogens is 1. The van der Waals surface area contributed by atoms with Gasteiger partial charge < -0.3 is 9.47 Å². The highest BCUT2D eigenvalue weighted by Crippen LogP contribution is 2.41. The fraction of sp³-hybridized carbons (Fsp3) is 0.500. The van der Waals surface area contributed by atoms with Crippen molar-refractivity contribution in [3.05, 3.63) is 46.1 Å². The molecule has 1 aromatic heterocycles. The molecule has 0 spiro atoms. The fourth-order valence-electron chi connectivity index (χ4n) is 3.67. The standard InChI is InChI=1S/C18H21FN2O/c1-20-7-2-3-15(11-20)21-8-6-13-9-14(12-4-5-12)10-16(19)17(13)18(21)22/h6,8-10,12,15H,2-5,7,11H2,1H3/t15-/m1/s1. The molecule has 1 saturated heterocycles. The van der Waals surface area contributed by atoms with E-state index < -0.39 is 0 Å². The molecule has 4 rings (SSSR count). The highest BCUT2D eigenvalue weighted by molar-refractivity contribution is 5.83. The molecular formula is C18H21FN2O. The first kappa shape index (κ1) is 13.9. The third-order valence-electron chi connectivity index (χ3n) is 5.05. The zero-order chi connectivity index (χ0) is 15.3. The topological polar surface area (TPSA) is 25.2 Å². The molecule has 2 aliphatic rings. The van der Waals surface area contributed by atoms with Crippen LogP contribution in [0.5, 0.6) is 0 Å². The quantitative estimate of drug-likeness (QED) is 0.850. The maximum Gasteiger partial charge on any atom is 0.261 e. The Hall–Kier alpha value is -1.68. The normalized spacial score (nSPS) is 23.1. The van der Waals surface area contributed by atoms with E-state index in [0.29, 0.717) is 5.92 Å². The van der Waals surface area contributed by atoms with Gasteiger partial charge >= 0.3 is 0 Å². The third-order valence-corrected chi connectivity index (χ3v) is 5.05. The van der Waals surface area contributed by atoms with Gasteiger partial charge in [-0.1, -0.05) is 6.07 Å². The lowest BCUT2D eigenvalue weighted by atomic mass is 10.0. The minimum absolute atomic E-state index is 0.151. The van der Waals surface area contributed by atoms with E-state index >= 15 is 0 Å². The van der Waals surface area contributed by atoms with Crippen LogP contribution >= 0.6 is 0 Å². The minimum Gasteiger partial charge on any atom is -0.311 e. The number of rotatable bonds is 2. The van der Waals surface area contributed by atoms with Gasteiger partial charge in [0.15, 0.2) is 0 Å². The number of hydrogen-bond acceptors (Lipinski definition) is 2. The zero-order valence-corrected chi connectivity index (χ0v) is 12.9. The van der Waals surface area contributed by atoms with Gasteiger partial charge in [0, 0.05) is 18.8 Å². The van der Waals surface area contributed by atoms with Crippen LogP contribution in [0.15, 0.2) is 29.2 Å². The van der Waals surface area contributed by atoms with Crippen molar-refractivity contribution in [1.82, 2.24) is 9.47 Å². The van der Waals surface area contributed by atoms with Gasteiger partial charge in [-0.25, -0.2) is 4.39 Å². The van der Waals surface area contributed by atoms with E-state index in [1.165, 1.54) is 0 Å². The maximum absolute atomic E-state index is 14.5. The summed E-state index contributed by atoms with van der Waals surface area (Å²) in [5.41, 5.74) is 0.859. The van der Waals surface area contributed by atoms with Crippen molar-refractivity contribution >= 4 is 10.8 Å². The van der Waals surface area contributed by atoms with Crippen LogP contribution in [0.2, 0.25) is 0 Å². The molecule has 0 bridgehead atoms. The van der Waals surface area contributed by atoms with Crippen molar-refractivity contribution in [3.63, 3.8) is 0 Å². The van der Waals surface area contributed by atoms with Crippen molar-refractivity contribution in [2.45, 2.75) is 37.6 Å². The number of halogens is 1. The Kier molecular flexibility index (Phi) is 3.30. The number of hydrogen-bond donors (Lipinski definition) is 0. The third kappa shape index (κ3) is 2.35. The van der Waals surface area contributed by atoms with Gasteiger partial charge in [-0.3, -0.25) is 4.79 Å². The van der Waals surface area contributed by atoms with Gasteiger partial charge in [0.2, 0.25) is 0 Å². The van der Waals surface area contributed by atoms with Crippen molar-refractivity contribution in [3.8, 4) is 0 Å². The number of nitrogens with zero attached hydrogens (tertiary/aromatic N) is 2. The Balaban J connectivity index is 1.81. The Morgan fingerprint density at radius 1 is 1.23 bits per heavy atom. The maximum atomic E-state index is 14.5. The summed E-state index contributed by atoms with van der Waals surface area (Å²) in [6.07, 6.45) is 6.18. The molecular weight excluding hydrogens is 279 g/mol. The summed E-state index contributed by atoms with van der Waals surface area (Å²) in [4.78, 5) is 15.0. The summed E-state index contributed by atoms with van der Waals surface area (Å²) in [6, 6.07) is 5.62. The van der Waals surface area contributed by atoms with E-state index in [9.17, 15) is 9.18 Å². The predicted molar refractivity (Wildman–Crippen MR) is 85.9 cm³/mol. The number of likely N-dealkylation sites (tertiary alicyclic amines) is 1. The summed E-state index contributed by atoms with van der Waals surface area (Å²) in [5.74, 6) is 0.135. The molecule has 1 aromatic carbocycles. The monoisotopic (exact) mass is 300 g/mol. The molecule has 2 aromatic rings. The van der Waals surface area contributed by atoms with Crippen LogP contribution in [0.1, 0.15) is 43.2 Å². The van der Waals surface area contributed by atoms with Gasteiger partial charge in [-0.15, -0.1) is 0 Å². The number of fused-ring (bicyclic) bond motifs is 1. The van der Waals surface area contributed by atoms with E-state index in [0.717, 1.165) is 49.7 Å².